The molecule has 0 atom stereocenters. The Bertz CT molecular complexity index is 1140. The molecule has 0 radical (unpaired) electrons. The summed E-state index contributed by atoms with van der Waals surface area (Å²) < 4.78 is 39.4. The second-order valence-corrected chi connectivity index (χ2v) is 12.7. The number of nitrogens with one attached hydrogen (secondary N) is 1. The lowest BCUT2D eigenvalue weighted by molar-refractivity contribution is 0.0977. The fourth-order valence-electron chi connectivity index (χ4n) is 4.16. The Balaban J connectivity index is 1.42. The predicted molar refractivity (Wildman–Crippen MR) is 131 cm³/mol. The van der Waals surface area contributed by atoms with Crippen molar-refractivity contribution in [2.24, 2.45) is 0 Å². The number of hydrogen-bond donors (Lipinski definition) is 1. The van der Waals surface area contributed by atoms with Crippen molar-refractivity contribution in [3.63, 3.8) is 0 Å². The second-order valence-electron chi connectivity index (χ2n) is 8.71. The van der Waals surface area contributed by atoms with E-state index in [1.807, 2.05) is 16.9 Å². The van der Waals surface area contributed by atoms with Crippen molar-refractivity contribution in [1.29, 1.82) is 0 Å². The zero-order valence-electron chi connectivity index (χ0n) is 18.1. The van der Waals surface area contributed by atoms with Gasteiger partial charge in [0.05, 0.1) is 11.8 Å². The molecule has 1 amide bonds. The van der Waals surface area contributed by atoms with Crippen molar-refractivity contribution in [2.75, 3.05) is 19.3 Å². The Morgan fingerprint density at radius 3 is 2.30 bits per heavy atom. The molecule has 0 unspecified atom stereocenters. The zero-order valence-corrected chi connectivity index (χ0v) is 21.3. The molecule has 178 valence electrons. The zero-order chi connectivity index (χ0) is 23.8. The molecule has 1 saturated carbocycles. The SMILES string of the molecule is CS(=O)(=O)NC(=O)c1cc(C2CC2)c(CN2CCC(Sc3cc(Cl)cc(Cl)c3)CC2)cc1F. The Morgan fingerprint density at radius 1 is 1.09 bits per heavy atom. The Morgan fingerprint density at radius 2 is 1.73 bits per heavy atom. The third-order valence-electron chi connectivity index (χ3n) is 5.84. The minimum Gasteiger partial charge on any atom is -0.299 e. The van der Waals surface area contributed by atoms with Crippen LogP contribution in [0.2, 0.25) is 10.0 Å². The number of benzene rings is 2. The van der Waals surface area contributed by atoms with Crippen LogP contribution in [0.5, 0.6) is 0 Å². The number of amides is 1. The molecule has 0 aromatic heterocycles. The molecule has 1 N–H and O–H groups in total. The highest BCUT2D eigenvalue weighted by Crippen LogP contribution is 2.43. The van der Waals surface area contributed by atoms with Crippen molar-refractivity contribution in [3.05, 3.63) is 62.9 Å². The first-order valence-electron chi connectivity index (χ1n) is 10.8. The lowest BCUT2D eigenvalue weighted by Gasteiger charge is -2.32. The molecule has 5 nitrogen and oxygen atoms in total. The summed E-state index contributed by atoms with van der Waals surface area (Å²) in [7, 11) is -3.76. The van der Waals surface area contributed by atoms with Crippen LogP contribution in [0.1, 0.15) is 53.1 Å². The van der Waals surface area contributed by atoms with E-state index < -0.39 is 21.7 Å². The van der Waals surface area contributed by atoms with E-state index in [2.05, 4.69) is 4.90 Å². The molecule has 2 aliphatic rings. The monoisotopic (exact) mass is 530 g/mol. The quantitative estimate of drug-likeness (QED) is 0.515. The number of carbonyl (C=O) groups excluding carboxylic acids is 1. The summed E-state index contributed by atoms with van der Waals surface area (Å²) in [6.45, 7) is 2.37. The van der Waals surface area contributed by atoms with Crippen LogP contribution in [0, 0.1) is 5.82 Å². The van der Waals surface area contributed by atoms with Gasteiger partial charge in [-0.15, -0.1) is 11.8 Å². The molecular formula is C23H25Cl2FN2O3S2. The van der Waals surface area contributed by atoms with E-state index in [0.29, 0.717) is 27.8 Å². The van der Waals surface area contributed by atoms with Gasteiger partial charge >= 0.3 is 0 Å². The van der Waals surface area contributed by atoms with E-state index in [9.17, 15) is 17.6 Å². The van der Waals surface area contributed by atoms with Gasteiger partial charge in [0.2, 0.25) is 10.0 Å². The van der Waals surface area contributed by atoms with Gasteiger partial charge in [0.1, 0.15) is 5.82 Å². The van der Waals surface area contributed by atoms with Gasteiger partial charge in [-0.25, -0.2) is 17.5 Å². The number of sulfonamides is 1. The number of hydrogen-bond acceptors (Lipinski definition) is 5. The minimum atomic E-state index is -3.76. The van der Waals surface area contributed by atoms with Crippen molar-refractivity contribution in [3.8, 4) is 0 Å². The van der Waals surface area contributed by atoms with E-state index in [0.717, 1.165) is 61.1 Å². The normalized spacial score (nSPS) is 17.8. The highest BCUT2D eigenvalue weighted by molar-refractivity contribution is 8.00. The maximum atomic E-state index is 14.8. The molecule has 1 aliphatic carbocycles. The van der Waals surface area contributed by atoms with Crippen molar-refractivity contribution >= 4 is 50.9 Å². The molecule has 2 aromatic carbocycles. The van der Waals surface area contributed by atoms with E-state index in [1.54, 1.807) is 17.8 Å². The molecule has 4 rings (SSSR count). The number of halogens is 3. The standard InChI is InChI=1S/C23H25Cl2FN2O3S2/c1-33(30,31)27-23(29)21-12-20(14-2-3-14)15(8-22(21)26)13-28-6-4-18(5-7-28)32-19-10-16(24)9-17(25)11-19/h8-12,14,18H,2-7,13H2,1H3,(H,27,29). The van der Waals surface area contributed by atoms with E-state index in [1.165, 1.54) is 12.1 Å². The molecule has 1 saturated heterocycles. The largest absolute Gasteiger partial charge is 0.299 e. The summed E-state index contributed by atoms with van der Waals surface area (Å²) in [5.41, 5.74) is 1.60. The van der Waals surface area contributed by atoms with Crippen molar-refractivity contribution in [1.82, 2.24) is 9.62 Å². The van der Waals surface area contributed by atoms with Gasteiger partial charge < -0.3 is 0 Å². The first-order chi connectivity index (χ1) is 15.6. The number of carbonyl (C=O) groups is 1. The number of piperidine rings is 1. The van der Waals surface area contributed by atoms with Crippen molar-refractivity contribution < 1.29 is 17.6 Å². The number of likely N-dealkylation sites (tertiary alicyclic amines) is 1. The molecule has 10 heteroatoms. The molecule has 2 aromatic rings. The van der Waals surface area contributed by atoms with Gasteiger partial charge in [0, 0.05) is 26.7 Å². The summed E-state index contributed by atoms with van der Waals surface area (Å²) in [5.74, 6) is -1.33. The summed E-state index contributed by atoms with van der Waals surface area (Å²) in [6, 6.07) is 8.52. The molecule has 33 heavy (non-hydrogen) atoms. The van der Waals surface area contributed by atoms with Crippen LogP contribution in [-0.2, 0) is 16.6 Å². The third kappa shape index (κ3) is 6.85. The third-order valence-corrected chi connectivity index (χ3v) is 8.14. The van der Waals surface area contributed by atoms with E-state index in [-0.39, 0.29) is 5.56 Å². The van der Waals surface area contributed by atoms with Gasteiger partial charge in [0.15, 0.2) is 0 Å². The molecule has 1 aliphatic heterocycles. The van der Waals surface area contributed by atoms with Crippen molar-refractivity contribution in [2.45, 2.75) is 48.3 Å². The van der Waals surface area contributed by atoms with Crippen LogP contribution in [0.25, 0.3) is 0 Å². The lowest BCUT2D eigenvalue weighted by Crippen LogP contribution is -2.34. The van der Waals surface area contributed by atoms with Crippen LogP contribution in [0.15, 0.2) is 35.2 Å². The summed E-state index contributed by atoms with van der Waals surface area (Å²) in [6.07, 6.45) is 4.84. The second kappa shape index (κ2) is 10.1. The maximum absolute atomic E-state index is 14.8. The smallest absolute Gasteiger partial charge is 0.267 e. The topological polar surface area (TPSA) is 66.5 Å². The van der Waals surface area contributed by atoms with Gasteiger partial charge in [0.25, 0.3) is 5.91 Å². The molecule has 2 fully saturated rings. The molecular weight excluding hydrogens is 506 g/mol. The van der Waals surface area contributed by atoms with Crippen LogP contribution in [0.4, 0.5) is 4.39 Å². The van der Waals surface area contributed by atoms with Gasteiger partial charge in [-0.2, -0.15) is 0 Å². The first-order valence-corrected chi connectivity index (χ1v) is 14.3. The first kappa shape index (κ1) is 24.8. The lowest BCUT2D eigenvalue weighted by atomic mass is 9.98. The summed E-state index contributed by atoms with van der Waals surface area (Å²) >= 11 is 14.0. The highest BCUT2D eigenvalue weighted by atomic mass is 35.5. The minimum absolute atomic E-state index is 0.221. The van der Waals surface area contributed by atoms with Gasteiger partial charge in [-0.3, -0.25) is 9.69 Å². The number of thioether (sulfide) groups is 1. The van der Waals surface area contributed by atoms with E-state index >= 15 is 0 Å². The van der Waals surface area contributed by atoms with Crippen LogP contribution in [-0.4, -0.2) is 43.8 Å². The summed E-state index contributed by atoms with van der Waals surface area (Å²) in [5, 5.41) is 1.72. The predicted octanol–water partition coefficient (Wildman–Crippen LogP) is 5.46. The van der Waals surface area contributed by atoms with Gasteiger partial charge in [-0.1, -0.05) is 23.2 Å². The average Bonchev–Trinajstić information content (AvgIpc) is 3.52. The average molecular weight is 532 g/mol. The Hall–Kier alpha value is -1.32. The van der Waals surface area contributed by atoms with Gasteiger partial charge in [-0.05, 0) is 86.1 Å². The number of rotatable bonds is 7. The molecule has 1 heterocycles. The highest BCUT2D eigenvalue weighted by Gasteiger charge is 2.30. The Labute approximate surface area is 208 Å². The maximum Gasteiger partial charge on any atom is 0.267 e. The fourth-order valence-corrected chi connectivity index (χ4v) is 6.48. The molecule has 0 spiro atoms. The fraction of sp³-hybridized carbons (Fsp3) is 0.435. The summed E-state index contributed by atoms with van der Waals surface area (Å²) in [4.78, 5) is 15.6. The van der Waals surface area contributed by atoms with E-state index in [4.69, 9.17) is 23.2 Å². The Kier molecular flexibility index (Phi) is 7.60. The van der Waals surface area contributed by atoms with Crippen LogP contribution < -0.4 is 4.72 Å². The number of nitrogens with zero attached hydrogens (tertiary/aromatic N) is 1. The van der Waals surface area contributed by atoms with Crippen LogP contribution >= 0.6 is 35.0 Å². The van der Waals surface area contributed by atoms with Crippen LogP contribution in [0.3, 0.4) is 0 Å². The molecule has 0 bridgehead atoms.